The zero-order valence-electron chi connectivity index (χ0n) is 32.4. The standard InChI is InChI=1S/C40H52N6O7S2/c1-22(2)29-21-54-36(43-29)28-18-31(26-14-15-30(52-6)23(3)33(26)42-28)53-32-20-46-34(24(32)4)35(47)44-40(38(49)45-55(50,51)39(5)16-17-39)19-25(40)12-10-8-7-9-11-13-27(41)37(46)48/h10,12,14-15,18,21-22,24-25,27,32,34H,7-9,11,13,16-17,19-20,41H2,1-6H3,(H,44,47)(H,45,49)/b12-10-/t24-,25-,27+,32+,34+,40-/m1/s1. The molecule has 2 aliphatic carbocycles. The number of thiazole rings is 1. The molecule has 3 aromatic rings. The van der Waals surface area contributed by atoms with Gasteiger partial charge in [-0.1, -0.05) is 45.8 Å². The number of benzene rings is 1. The molecule has 6 atom stereocenters. The SMILES string of the molecule is COc1ccc2c(O[C@H]3CN4C(=O)[C@@H](N)CCCCC/C=C\[C@@H]5C[C@@]5(C(=O)NS(=O)(=O)C5(C)CC5)NC(=O)[C@@H]4[C@@H]3C)cc(-c3nc(C(C)C)cs3)nc2c1C. The number of rotatable bonds is 8. The number of nitrogens with zero attached hydrogens (tertiary/aromatic N) is 3. The van der Waals surface area contributed by atoms with Gasteiger partial charge in [0.05, 0.1) is 35.7 Å². The molecule has 3 fully saturated rings. The number of allylic oxidation sites excluding steroid dienone is 1. The van der Waals surface area contributed by atoms with Crippen LogP contribution in [-0.4, -0.2) is 83.1 Å². The molecule has 2 aliphatic heterocycles. The minimum Gasteiger partial charge on any atom is -0.496 e. The van der Waals surface area contributed by atoms with Crippen LogP contribution in [0.1, 0.15) is 96.2 Å². The zero-order valence-corrected chi connectivity index (χ0v) is 34.0. The molecule has 4 aliphatic rings. The van der Waals surface area contributed by atoms with Crippen molar-refractivity contribution in [1.82, 2.24) is 24.9 Å². The molecule has 55 heavy (non-hydrogen) atoms. The van der Waals surface area contributed by atoms with Crippen LogP contribution in [-0.2, 0) is 24.4 Å². The van der Waals surface area contributed by atoms with Gasteiger partial charge in [-0.05, 0) is 70.4 Å². The van der Waals surface area contributed by atoms with Crippen LogP contribution in [0.2, 0.25) is 0 Å². The summed E-state index contributed by atoms with van der Waals surface area (Å²) < 4.78 is 40.1. The van der Waals surface area contributed by atoms with E-state index in [0.29, 0.717) is 42.0 Å². The number of aromatic nitrogens is 2. The maximum Gasteiger partial charge on any atom is 0.259 e. The Morgan fingerprint density at radius 2 is 1.91 bits per heavy atom. The average molecular weight is 793 g/mol. The van der Waals surface area contributed by atoms with E-state index in [-0.39, 0.29) is 24.8 Å². The summed E-state index contributed by atoms with van der Waals surface area (Å²) in [4.78, 5) is 53.9. The maximum atomic E-state index is 14.6. The van der Waals surface area contributed by atoms with Gasteiger partial charge < -0.3 is 25.4 Å². The van der Waals surface area contributed by atoms with Gasteiger partial charge >= 0.3 is 0 Å². The van der Waals surface area contributed by atoms with Crippen LogP contribution < -0.4 is 25.2 Å². The molecule has 0 spiro atoms. The molecule has 0 radical (unpaired) electrons. The van der Waals surface area contributed by atoms with Gasteiger partial charge in [-0.2, -0.15) is 0 Å². The van der Waals surface area contributed by atoms with E-state index in [1.807, 2.05) is 49.6 Å². The first kappa shape index (κ1) is 39.2. The van der Waals surface area contributed by atoms with E-state index in [4.69, 9.17) is 25.2 Å². The van der Waals surface area contributed by atoms with Gasteiger partial charge in [0.2, 0.25) is 21.8 Å². The van der Waals surface area contributed by atoms with Crippen LogP contribution in [0.15, 0.2) is 35.7 Å². The van der Waals surface area contributed by atoms with Gasteiger partial charge in [0, 0.05) is 34.2 Å². The van der Waals surface area contributed by atoms with Crippen molar-refractivity contribution >= 4 is 50.0 Å². The molecular weight excluding hydrogens is 741 g/mol. The highest BCUT2D eigenvalue weighted by atomic mass is 32.2. The van der Waals surface area contributed by atoms with Gasteiger partial charge in [-0.15, -0.1) is 11.3 Å². The molecule has 15 heteroatoms. The first-order valence-corrected chi connectivity index (χ1v) is 21.7. The predicted molar refractivity (Wildman–Crippen MR) is 211 cm³/mol. The summed E-state index contributed by atoms with van der Waals surface area (Å²) in [7, 11) is -2.35. The number of aryl methyl sites for hydroxylation is 1. The van der Waals surface area contributed by atoms with Crippen molar-refractivity contribution in [2.24, 2.45) is 17.6 Å². The van der Waals surface area contributed by atoms with Gasteiger partial charge in [0.1, 0.15) is 39.9 Å². The van der Waals surface area contributed by atoms with E-state index in [0.717, 1.165) is 47.3 Å². The Bertz CT molecular complexity index is 2150. The van der Waals surface area contributed by atoms with Crippen LogP contribution in [0.5, 0.6) is 11.5 Å². The second kappa shape index (κ2) is 14.8. The largest absolute Gasteiger partial charge is 0.496 e. The molecule has 0 unspecified atom stereocenters. The molecule has 7 rings (SSSR count). The predicted octanol–water partition coefficient (Wildman–Crippen LogP) is 5.11. The molecule has 13 nitrogen and oxygen atoms in total. The quantitative estimate of drug-likeness (QED) is 0.259. The Balaban J connectivity index is 1.24. The lowest BCUT2D eigenvalue weighted by atomic mass is 9.98. The first-order chi connectivity index (χ1) is 26.1. The van der Waals surface area contributed by atoms with Crippen molar-refractivity contribution < 1.29 is 32.3 Å². The number of nitrogens with two attached hydrogens (primary N) is 1. The number of methoxy groups -OCH3 is 1. The molecule has 1 aromatic carbocycles. The molecule has 0 bridgehead atoms. The van der Waals surface area contributed by atoms with Crippen LogP contribution >= 0.6 is 11.3 Å². The Morgan fingerprint density at radius 1 is 1.15 bits per heavy atom. The smallest absolute Gasteiger partial charge is 0.259 e. The highest BCUT2D eigenvalue weighted by Gasteiger charge is 2.63. The molecule has 4 N–H and O–H groups in total. The summed E-state index contributed by atoms with van der Waals surface area (Å²) in [5.74, 6) is -1.20. The van der Waals surface area contributed by atoms with Gasteiger partial charge in [0.25, 0.3) is 5.91 Å². The van der Waals surface area contributed by atoms with Crippen molar-refractivity contribution in [1.29, 1.82) is 0 Å². The summed E-state index contributed by atoms with van der Waals surface area (Å²) in [5.41, 5.74) is 8.14. The van der Waals surface area contributed by atoms with Crippen molar-refractivity contribution in [2.75, 3.05) is 13.7 Å². The second-order valence-corrected chi connectivity index (χ2v) is 19.4. The minimum atomic E-state index is -3.96. The summed E-state index contributed by atoms with van der Waals surface area (Å²) in [6.07, 6.45) is 8.10. The first-order valence-electron chi connectivity index (χ1n) is 19.3. The highest BCUT2D eigenvalue weighted by molar-refractivity contribution is 7.91. The Labute approximate surface area is 326 Å². The van der Waals surface area contributed by atoms with Crippen LogP contribution in [0, 0.1) is 18.8 Å². The molecule has 2 aromatic heterocycles. The van der Waals surface area contributed by atoms with Crippen LogP contribution in [0.25, 0.3) is 21.6 Å². The van der Waals surface area contributed by atoms with Gasteiger partial charge in [-0.3, -0.25) is 19.1 Å². The highest BCUT2D eigenvalue weighted by Crippen LogP contribution is 2.48. The van der Waals surface area contributed by atoms with E-state index >= 15 is 0 Å². The van der Waals surface area contributed by atoms with Crippen molar-refractivity contribution in [3.8, 4) is 22.2 Å². The number of pyridine rings is 1. The molecule has 1 saturated heterocycles. The molecule has 296 valence electrons. The fourth-order valence-corrected chi connectivity index (χ4v) is 10.1. The summed E-state index contributed by atoms with van der Waals surface area (Å²) in [6.45, 7) is 9.64. The normalized spacial score (nSPS) is 28.7. The summed E-state index contributed by atoms with van der Waals surface area (Å²) >= 11 is 1.50. The monoisotopic (exact) mass is 792 g/mol. The fourth-order valence-electron chi connectivity index (χ4n) is 7.81. The topological polar surface area (TPSA) is 183 Å². The number of hydrogen-bond donors (Lipinski definition) is 3. The number of nitrogens with one attached hydrogen (secondary N) is 2. The Kier molecular flexibility index (Phi) is 10.5. The summed E-state index contributed by atoms with van der Waals surface area (Å²) in [5, 5.41) is 6.45. The molecular formula is C40H52N6O7S2. The third-order valence-electron chi connectivity index (χ3n) is 12.0. The molecule has 3 amide bonds. The Morgan fingerprint density at radius 3 is 2.60 bits per heavy atom. The lowest BCUT2D eigenvalue weighted by Crippen LogP contribution is -2.59. The fraction of sp³-hybridized carbons (Fsp3) is 0.575. The number of sulfonamides is 1. The van der Waals surface area contributed by atoms with Crippen molar-refractivity contribution in [2.45, 2.75) is 120 Å². The lowest BCUT2D eigenvalue weighted by molar-refractivity contribution is -0.141. The number of carbonyl (C=O) groups is 3. The third-order valence-corrected chi connectivity index (χ3v) is 15.0. The average Bonchev–Trinajstić information content (AvgIpc) is 3.95. The number of ether oxygens (including phenoxy) is 2. The number of hydrogen-bond acceptors (Lipinski definition) is 11. The summed E-state index contributed by atoms with van der Waals surface area (Å²) in [6, 6.07) is 3.73. The number of carbonyl (C=O) groups excluding carboxylic acids is 3. The van der Waals surface area contributed by atoms with E-state index in [9.17, 15) is 22.8 Å². The van der Waals surface area contributed by atoms with Gasteiger partial charge in [-0.25, -0.2) is 18.4 Å². The minimum absolute atomic E-state index is 0.0735. The number of amides is 3. The second-order valence-electron chi connectivity index (χ2n) is 16.3. The van der Waals surface area contributed by atoms with E-state index in [1.54, 1.807) is 14.0 Å². The van der Waals surface area contributed by atoms with Crippen molar-refractivity contribution in [3.05, 3.63) is 47.0 Å². The van der Waals surface area contributed by atoms with E-state index in [2.05, 4.69) is 23.9 Å². The maximum absolute atomic E-state index is 14.6. The number of fused-ring (bicyclic) bond motifs is 3. The van der Waals surface area contributed by atoms with Gasteiger partial charge in [0.15, 0.2) is 0 Å². The molecule has 2 saturated carbocycles. The van der Waals surface area contributed by atoms with Crippen LogP contribution in [0.3, 0.4) is 0 Å². The van der Waals surface area contributed by atoms with E-state index in [1.165, 1.54) is 16.2 Å². The van der Waals surface area contributed by atoms with E-state index < -0.39 is 62.1 Å². The molecule has 4 heterocycles. The Hall–Kier alpha value is -4.08. The third kappa shape index (κ3) is 7.35. The van der Waals surface area contributed by atoms with Crippen molar-refractivity contribution in [3.63, 3.8) is 0 Å². The lowest BCUT2D eigenvalue weighted by Gasteiger charge is -2.30. The van der Waals surface area contributed by atoms with Crippen LogP contribution in [0.4, 0.5) is 0 Å². The zero-order chi connectivity index (χ0) is 39.4.